The predicted octanol–water partition coefficient (Wildman–Crippen LogP) is 4.32. The van der Waals surface area contributed by atoms with Gasteiger partial charge in [0, 0.05) is 30.9 Å². The first kappa shape index (κ1) is 23.2. The number of aliphatic hydroxyl groups excluding tert-OH is 1. The molecule has 1 aliphatic heterocycles. The number of furan rings is 1. The van der Waals surface area contributed by atoms with E-state index in [2.05, 4.69) is 4.98 Å². The molecule has 0 saturated heterocycles. The second-order valence-corrected chi connectivity index (χ2v) is 8.41. The van der Waals surface area contributed by atoms with Crippen LogP contribution in [0.2, 0.25) is 0 Å². The minimum atomic E-state index is -0.784. The summed E-state index contributed by atoms with van der Waals surface area (Å²) in [6.45, 7) is 0.953. The van der Waals surface area contributed by atoms with Crippen LogP contribution < -0.4 is 9.47 Å². The number of methoxy groups -OCH3 is 2. The Morgan fingerprint density at radius 1 is 1.11 bits per heavy atom. The maximum absolute atomic E-state index is 13.7. The van der Waals surface area contributed by atoms with Crippen LogP contribution in [0.3, 0.4) is 0 Å². The third-order valence-electron chi connectivity index (χ3n) is 6.31. The molecule has 0 saturated carbocycles. The molecule has 9 nitrogen and oxygen atoms in total. The van der Waals surface area contributed by atoms with Crippen molar-refractivity contribution in [3.05, 3.63) is 89.9 Å². The van der Waals surface area contributed by atoms with Crippen molar-refractivity contribution < 1.29 is 28.6 Å². The van der Waals surface area contributed by atoms with Crippen LogP contribution in [0.25, 0.3) is 11.0 Å². The Morgan fingerprint density at radius 3 is 2.61 bits per heavy atom. The smallest absolute Gasteiger partial charge is 0.290 e. The molecule has 5 rings (SSSR count). The van der Waals surface area contributed by atoms with Gasteiger partial charge in [0.05, 0.1) is 32.2 Å². The van der Waals surface area contributed by atoms with Crippen molar-refractivity contribution in [2.24, 2.45) is 0 Å². The fourth-order valence-corrected chi connectivity index (χ4v) is 4.53. The number of Topliss-reactive ketones (excluding diaryl/α,β-unsaturated/α-hetero) is 1. The number of ketones is 1. The molecule has 1 atom stereocenters. The summed E-state index contributed by atoms with van der Waals surface area (Å²) >= 11 is 0. The number of aliphatic hydroxyl groups is 1. The highest BCUT2D eigenvalue weighted by Crippen LogP contribution is 2.40. The SMILES string of the molecule is COc1ccc([C@H]2C(C(=O)c3cc4cccc(OC)c4o3)=C(O)C(=O)N2CCCn2ccnc2)cc1. The number of aryl methyl sites for hydroxylation is 1. The molecular formula is C27H25N3O6. The van der Waals surface area contributed by atoms with E-state index in [-0.39, 0.29) is 11.3 Å². The topological polar surface area (TPSA) is 107 Å². The molecule has 36 heavy (non-hydrogen) atoms. The number of para-hydroxylation sites is 1. The van der Waals surface area contributed by atoms with Gasteiger partial charge >= 0.3 is 0 Å². The van der Waals surface area contributed by atoms with Gasteiger partial charge in [0.25, 0.3) is 5.91 Å². The summed E-state index contributed by atoms with van der Waals surface area (Å²) in [6, 6.07) is 13.2. The molecule has 1 aliphatic rings. The first-order chi connectivity index (χ1) is 17.5. The number of amides is 1. The van der Waals surface area contributed by atoms with Gasteiger partial charge < -0.3 is 28.5 Å². The number of benzene rings is 2. The number of nitrogens with zero attached hydrogens (tertiary/aromatic N) is 3. The van der Waals surface area contributed by atoms with Crippen molar-refractivity contribution in [3.63, 3.8) is 0 Å². The number of hydrogen-bond acceptors (Lipinski definition) is 7. The number of carbonyl (C=O) groups is 2. The number of fused-ring (bicyclic) bond motifs is 1. The van der Waals surface area contributed by atoms with Crippen molar-refractivity contribution in [2.75, 3.05) is 20.8 Å². The van der Waals surface area contributed by atoms with Crippen LogP contribution in [0.1, 0.15) is 28.6 Å². The van der Waals surface area contributed by atoms with Gasteiger partial charge in [0.1, 0.15) is 5.75 Å². The first-order valence-electron chi connectivity index (χ1n) is 11.5. The van der Waals surface area contributed by atoms with Gasteiger partial charge in [-0.3, -0.25) is 9.59 Å². The van der Waals surface area contributed by atoms with Gasteiger partial charge in [-0.1, -0.05) is 24.3 Å². The van der Waals surface area contributed by atoms with E-state index in [4.69, 9.17) is 13.9 Å². The van der Waals surface area contributed by atoms with E-state index in [0.717, 1.165) is 0 Å². The van der Waals surface area contributed by atoms with Crippen molar-refractivity contribution in [1.29, 1.82) is 0 Å². The van der Waals surface area contributed by atoms with E-state index in [1.807, 2.05) is 10.8 Å². The Hall–Kier alpha value is -4.53. The minimum Gasteiger partial charge on any atom is -0.503 e. The van der Waals surface area contributed by atoms with E-state index in [1.165, 1.54) is 12.0 Å². The Bertz CT molecular complexity index is 1440. The molecule has 9 heteroatoms. The number of aromatic nitrogens is 2. The highest BCUT2D eigenvalue weighted by atomic mass is 16.5. The second-order valence-electron chi connectivity index (χ2n) is 8.41. The summed E-state index contributed by atoms with van der Waals surface area (Å²) in [7, 11) is 3.08. The van der Waals surface area contributed by atoms with Gasteiger partial charge in [-0.05, 0) is 36.2 Å². The lowest BCUT2D eigenvalue weighted by molar-refractivity contribution is -0.129. The van der Waals surface area contributed by atoms with Gasteiger partial charge in [0.2, 0.25) is 5.78 Å². The van der Waals surface area contributed by atoms with Crippen molar-refractivity contribution in [2.45, 2.75) is 19.0 Å². The number of carbonyl (C=O) groups excluding carboxylic acids is 2. The third-order valence-corrected chi connectivity index (χ3v) is 6.31. The maximum atomic E-state index is 13.7. The summed E-state index contributed by atoms with van der Waals surface area (Å²) in [4.78, 5) is 32.5. The molecule has 3 heterocycles. The quantitative estimate of drug-likeness (QED) is 0.351. The third kappa shape index (κ3) is 4.08. The number of hydrogen-bond donors (Lipinski definition) is 1. The van der Waals surface area contributed by atoms with E-state index in [0.29, 0.717) is 47.5 Å². The number of ether oxygens (including phenoxy) is 2. The molecule has 4 aromatic rings. The molecule has 0 unspecified atom stereocenters. The fourth-order valence-electron chi connectivity index (χ4n) is 4.53. The minimum absolute atomic E-state index is 0.0163. The Balaban J connectivity index is 1.51. The lowest BCUT2D eigenvalue weighted by Crippen LogP contribution is -2.32. The molecular weight excluding hydrogens is 462 g/mol. The standard InChI is InChI=1S/C27H25N3O6/c1-34-19-9-7-17(8-10-19)23-22(24(31)21-15-18-5-3-6-20(35-2)26(18)36-21)25(32)27(33)30(23)13-4-12-29-14-11-28-16-29/h3,5-11,14-16,23,32H,4,12-13H2,1-2H3/t23-/m0/s1. The fraction of sp³-hybridized carbons (Fsp3) is 0.222. The van der Waals surface area contributed by atoms with Crippen LogP contribution in [0.5, 0.6) is 11.5 Å². The molecule has 0 aliphatic carbocycles. The number of imidazole rings is 1. The molecule has 184 valence electrons. The highest BCUT2D eigenvalue weighted by Gasteiger charge is 2.44. The molecule has 0 fully saturated rings. The summed E-state index contributed by atoms with van der Waals surface area (Å²) < 4.78 is 18.4. The Morgan fingerprint density at radius 2 is 1.92 bits per heavy atom. The van der Waals surface area contributed by atoms with Gasteiger partial charge in [-0.15, -0.1) is 0 Å². The van der Waals surface area contributed by atoms with Crippen LogP contribution in [0, 0.1) is 0 Å². The normalized spacial score (nSPS) is 15.7. The summed E-state index contributed by atoms with van der Waals surface area (Å²) in [5, 5.41) is 11.6. The van der Waals surface area contributed by atoms with Crippen LogP contribution in [0.15, 0.2) is 83.0 Å². The molecule has 1 N–H and O–H groups in total. The van der Waals surface area contributed by atoms with E-state index in [1.54, 1.807) is 68.2 Å². The summed E-state index contributed by atoms with van der Waals surface area (Å²) in [5.74, 6) is -0.589. The van der Waals surface area contributed by atoms with Crippen LogP contribution in [-0.2, 0) is 11.3 Å². The van der Waals surface area contributed by atoms with E-state index >= 15 is 0 Å². The van der Waals surface area contributed by atoms with Gasteiger partial charge in [0.15, 0.2) is 22.9 Å². The molecule has 0 radical (unpaired) electrons. The van der Waals surface area contributed by atoms with Crippen molar-refractivity contribution in [3.8, 4) is 11.5 Å². The molecule has 1 amide bonds. The maximum Gasteiger partial charge on any atom is 0.290 e. The van der Waals surface area contributed by atoms with Crippen molar-refractivity contribution >= 4 is 22.7 Å². The zero-order valence-electron chi connectivity index (χ0n) is 19.9. The van der Waals surface area contributed by atoms with Crippen LogP contribution in [-0.4, -0.2) is 52.0 Å². The second kappa shape index (κ2) is 9.61. The average molecular weight is 488 g/mol. The zero-order valence-corrected chi connectivity index (χ0v) is 19.9. The summed E-state index contributed by atoms with van der Waals surface area (Å²) in [6.07, 6.45) is 5.83. The predicted molar refractivity (Wildman–Crippen MR) is 131 cm³/mol. The monoisotopic (exact) mass is 487 g/mol. The van der Waals surface area contributed by atoms with Crippen LogP contribution in [0.4, 0.5) is 0 Å². The molecule has 0 spiro atoms. The largest absolute Gasteiger partial charge is 0.503 e. The molecule has 2 aromatic carbocycles. The van der Waals surface area contributed by atoms with Gasteiger partial charge in [-0.25, -0.2) is 4.98 Å². The lowest BCUT2D eigenvalue weighted by Gasteiger charge is -2.27. The molecule has 2 aromatic heterocycles. The Kier molecular flexibility index (Phi) is 6.20. The first-order valence-corrected chi connectivity index (χ1v) is 11.5. The Labute approximate surface area is 207 Å². The van der Waals surface area contributed by atoms with E-state index in [9.17, 15) is 14.7 Å². The molecule has 0 bridgehead atoms. The lowest BCUT2D eigenvalue weighted by atomic mass is 9.95. The zero-order chi connectivity index (χ0) is 25.2. The van der Waals surface area contributed by atoms with Gasteiger partial charge in [-0.2, -0.15) is 0 Å². The summed E-state index contributed by atoms with van der Waals surface area (Å²) in [5.41, 5.74) is 1.07. The van der Waals surface area contributed by atoms with Crippen molar-refractivity contribution in [1.82, 2.24) is 14.5 Å². The highest BCUT2D eigenvalue weighted by molar-refractivity contribution is 6.16. The average Bonchev–Trinajstić information content (AvgIpc) is 3.63. The number of rotatable bonds is 9. The van der Waals surface area contributed by atoms with Crippen LogP contribution >= 0.6 is 0 Å². The van der Waals surface area contributed by atoms with E-state index < -0.39 is 23.5 Å².